The minimum absolute atomic E-state index is 0.0689. The van der Waals surface area contributed by atoms with Crippen molar-refractivity contribution in [3.63, 3.8) is 0 Å². The fourth-order valence-electron chi connectivity index (χ4n) is 2.02. The first-order valence-corrected chi connectivity index (χ1v) is 6.60. The number of hydrogen-bond donors (Lipinski definition) is 0. The molecular formula is C14H9ClN6O. The van der Waals surface area contributed by atoms with Crippen molar-refractivity contribution in [1.29, 1.82) is 5.26 Å². The third-order valence-electron chi connectivity index (χ3n) is 3.01. The van der Waals surface area contributed by atoms with Crippen molar-refractivity contribution in [2.75, 3.05) is 4.42 Å². The second kappa shape index (κ2) is 5.42. The van der Waals surface area contributed by atoms with Crippen molar-refractivity contribution in [1.82, 2.24) is 20.0 Å². The van der Waals surface area contributed by atoms with E-state index in [0.29, 0.717) is 5.69 Å². The Labute approximate surface area is 130 Å². The summed E-state index contributed by atoms with van der Waals surface area (Å²) >= 11 is 6.11. The molecule has 1 amide bonds. The van der Waals surface area contributed by atoms with Crippen molar-refractivity contribution in [2.45, 2.75) is 0 Å². The van der Waals surface area contributed by atoms with Gasteiger partial charge in [-0.2, -0.15) is 10.1 Å². The van der Waals surface area contributed by atoms with Gasteiger partial charge in [0.15, 0.2) is 11.4 Å². The normalized spacial score (nSPS) is 10.4. The molecule has 3 aromatic rings. The molecule has 7 nitrogen and oxygen atoms in total. The monoisotopic (exact) mass is 312 g/mol. The molecule has 3 rings (SSSR count). The molecule has 0 fully saturated rings. The van der Waals surface area contributed by atoms with Crippen LogP contribution in [-0.4, -0.2) is 25.9 Å². The molecule has 0 radical (unpaired) electrons. The van der Waals surface area contributed by atoms with E-state index in [1.807, 2.05) is 12.1 Å². The van der Waals surface area contributed by atoms with Crippen LogP contribution in [0.5, 0.6) is 0 Å². The number of amides is 1. The van der Waals surface area contributed by atoms with Crippen LogP contribution in [0.3, 0.4) is 0 Å². The van der Waals surface area contributed by atoms with Crippen molar-refractivity contribution in [2.24, 2.45) is 7.05 Å². The van der Waals surface area contributed by atoms with E-state index < -0.39 is 5.91 Å². The lowest BCUT2D eigenvalue weighted by molar-refractivity contribution is 0.1000. The molecule has 0 spiro atoms. The van der Waals surface area contributed by atoms with Gasteiger partial charge in [-0.1, -0.05) is 6.07 Å². The number of aryl methyl sites for hydroxylation is 1. The number of anilines is 1. The molecule has 1 aromatic carbocycles. The van der Waals surface area contributed by atoms with Gasteiger partial charge in [-0.25, -0.2) is 4.42 Å². The fraction of sp³-hybridized carbons (Fsp3) is 0.0714. The van der Waals surface area contributed by atoms with Crippen LogP contribution >= 0.6 is 11.8 Å². The zero-order chi connectivity index (χ0) is 15.7. The highest BCUT2D eigenvalue weighted by Gasteiger charge is 2.24. The Hall–Kier alpha value is -2.98. The van der Waals surface area contributed by atoms with E-state index in [0.717, 1.165) is 20.1 Å². The number of rotatable bonds is 2. The summed E-state index contributed by atoms with van der Waals surface area (Å²) in [4.78, 5) is 17.7. The van der Waals surface area contributed by atoms with E-state index in [1.54, 1.807) is 30.5 Å². The van der Waals surface area contributed by atoms with Gasteiger partial charge >= 0.3 is 0 Å². The lowest BCUT2D eigenvalue weighted by Gasteiger charge is -2.13. The van der Waals surface area contributed by atoms with Crippen LogP contribution in [-0.2, 0) is 7.05 Å². The topological polar surface area (TPSA) is 87.7 Å². The lowest BCUT2D eigenvalue weighted by Crippen LogP contribution is -2.22. The Balaban J connectivity index is 1.99. The van der Waals surface area contributed by atoms with Gasteiger partial charge in [0.1, 0.15) is 6.07 Å². The highest BCUT2D eigenvalue weighted by Crippen LogP contribution is 2.24. The molecular weight excluding hydrogens is 304 g/mol. The number of hydrogen-bond acceptors (Lipinski definition) is 5. The molecule has 2 heterocycles. The molecule has 0 aliphatic heterocycles. The predicted octanol–water partition coefficient (Wildman–Crippen LogP) is 2.04. The SMILES string of the molecule is Cn1nc(C#N)c(C(=O)N(Cl)c2ccc3ncccc3c2)n1. The van der Waals surface area contributed by atoms with Crippen molar-refractivity contribution in [3.8, 4) is 6.07 Å². The Morgan fingerprint density at radius 2 is 2.18 bits per heavy atom. The first-order chi connectivity index (χ1) is 10.6. The van der Waals surface area contributed by atoms with Crippen LogP contribution in [0.4, 0.5) is 5.69 Å². The number of halogens is 1. The molecule has 0 saturated carbocycles. The zero-order valence-corrected chi connectivity index (χ0v) is 12.2. The standard InChI is InChI=1S/C14H9ClN6O/c1-20-18-12(8-16)13(19-20)14(22)21(15)10-4-5-11-9(7-10)3-2-6-17-11/h2-7H,1H3. The van der Waals surface area contributed by atoms with Crippen LogP contribution in [0.15, 0.2) is 36.5 Å². The van der Waals surface area contributed by atoms with E-state index >= 15 is 0 Å². The average Bonchev–Trinajstić information content (AvgIpc) is 2.94. The van der Waals surface area contributed by atoms with Gasteiger partial charge in [-0.3, -0.25) is 9.78 Å². The molecule has 0 saturated heterocycles. The minimum atomic E-state index is -0.616. The Morgan fingerprint density at radius 1 is 1.36 bits per heavy atom. The number of benzene rings is 1. The lowest BCUT2D eigenvalue weighted by atomic mass is 10.2. The smallest absolute Gasteiger partial charge is 0.265 e. The summed E-state index contributed by atoms with van der Waals surface area (Å²) in [5.74, 6) is -0.616. The highest BCUT2D eigenvalue weighted by atomic mass is 35.5. The van der Waals surface area contributed by atoms with Gasteiger partial charge in [0, 0.05) is 30.4 Å². The summed E-state index contributed by atoms with van der Waals surface area (Å²) in [6, 6.07) is 10.6. The number of aromatic nitrogens is 4. The molecule has 22 heavy (non-hydrogen) atoms. The maximum atomic E-state index is 12.4. The number of nitrogens with zero attached hydrogens (tertiary/aromatic N) is 6. The largest absolute Gasteiger partial charge is 0.296 e. The molecule has 108 valence electrons. The predicted molar refractivity (Wildman–Crippen MR) is 80.1 cm³/mol. The molecule has 0 unspecified atom stereocenters. The van der Waals surface area contributed by atoms with Crippen molar-refractivity contribution >= 4 is 34.3 Å². The summed E-state index contributed by atoms with van der Waals surface area (Å²) in [7, 11) is 1.53. The van der Waals surface area contributed by atoms with Gasteiger partial charge in [-0.05, 0) is 24.3 Å². The highest BCUT2D eigenvalue weighted by molar-refractivity contribution is 6.39. The maximum absolute atomic E-state index is 12.4. The number of nitriles is 1. The first kappa shape index (κ1) is 14.0. The van der Waals surface area contributed by atoms with Gasteiger partial charge < -0.3 is 0 Å². The van der Waals surface area contributed by atoms with Crippen LogP contribution in [0.25, 0.3) is 10.9 Å². The van der Waals surface area contributed by atoms with Crippen molar-refractivity contribution in [3.05, 3.63) is 47.9 Å². The number of fused-ring (bicyclic) bond motifs is 1. The summed E-state index contributed by atoms with van der Waals surface area (Å²) in [6.45, 7) is 0. The molecule has 8 heteroatoms. The number of pyridine rings is 1. The van der Waals surface area contributed by atoms with Crippen LogP contribution in [0.1, 0.15) is 16.2 Å². The molecule has 2 aromatic heterocycles. The molecule has 0 aliphatic rings. The number of carbonyl (C=O) groups excluding carboxylic acids is 1. The second-order valence-electron chi connectivity index (χ2n) is 4.46. The molecule has 0 bridgehead atoms. The molecule has 0 atom stereocenters. The second-order valence-corrected chi connectivity index (χ2v) is 4.80. The summed E-state index contributed by atoms with van der Waals surface area (Å²) in [5.41, 5.74) is 1.09. The average molecular weight is 313 g/mol. The van der Waals surface area contributed by atoms with Crippen molar-refractivity contribution < 1.29 is 4.79 Å². The summed E-state index contributed by atoms with van der Waals surface area (Å²) < 4.78 is 0.914. The van der Waals surface area contributed by atoms with Crippen LogP contribution in [0, 0.1) is 11.3 Å². The summed E-state index contributed by atoms with van der Waals surface area (Å²) in [5, 5.41) is 17.5. The maximum Gasteiger partial charge on any atom is 0.296 e. The van der Waals surface area contributed by atoms with Crippen LogP contribution in [0.2, 0.25) is 0 Å². The van der Waals surface area contributed by atoms with Gasteiger partial charge in [0.25, 0.3) is 5.91 Å². The van der Waals surface area contributed by atoms with Crippen LogP contribution < -0.4 is 4.42 Å². The third kappa shape index (κ3) is 2.36. The van der Waals surface area contributed by atoms with E-state index in [4.69, 9.17) is 17.0 Å². The first-order valence-electron chi connectivity index (χ1n) is 6.26. The van der Waals surface area contributed by atoms with E-state index in [2.05, 4.69) is 15.2 Å². The Kier molecular flexibility index (Phi) is 3.45. The number of carbonyl (C=O) groups is 1. The van der Waals surface area contributed by atoms with Gasteiger partial charge in [-0.15, -0.1) is 10.2 Å². The summed E-state index contributed by atoms with van der Waals surface area (Å²) in [6.07, 6.45) is 1.68. The van der Waals surface area contributed by atoms with E-state index in [-0.39, 0.29) is 11.4 Å². The van der Waals surface area contributed by atoms with E-state index in [1.165, 1.54) is 7.05 Å². The van der Waals surface area contributed by atoms with E-state index in [9.17, 15) is 4.79 Å². The van der Waals surface area contributed by atoms with Gasteiger partial charge in [0.05, 0.1) is 11.2 Å². The molecule has 0 aliphatic carbocycles. The minimum Gasteiger partial charge on any atom is -0.265 e. The Morgan fingerprint density at radius 3 is 2.95 bits per heavy atom. The van der Waals surface area contributed by atoms with Gasteiger partial charge in [0.2, 0.25) is 0 Å². The molecule has 0 N–H and O–H groups in total. The fourth-order valence-corrected chi connectivity index (χ4v) is 2.21. The third-order valence-corrected chi connectivity index (χ3v) is 3.36. The quantitative estimate of drug-likeness (QED) is 0.676. The zero-order valence-electron chi connectivity index (χ0n) is 11.4. The Bertz CT molecular complexity index is 913.